The summed E-state index contributed by atoms with van der Waals surface area (Å²) in [6.45, 7) is 2.90. The Hall–Kier alpha value is -3.51. The summed E-state index contributed by atoms with van der Waals surface area (Å²) in [7, 11) is 0. The predicted molar refractivity (Wildman–Crippen MR) is 130 cm³/mol. The van der Waals surface area contributed by atoms with Gasteiger partial charge in [-0.2, -0.15) is 9.50 Å². The molecule has 2 heterocycles. The second kappa shape index (κ2) is 8.93. The van der Waals surface area contributed by atoms with Gasteiger partial charge in [0.15, 0.2) is 5.82 Å². The van der Waals surface area contributed by atoms with Crippen molar-refractivity contribution in [3.63, 3.8) is 0 Å². The molecule has 0 fully saturated rings. The van der Waals surface area contributed by atoms with Gasteiger partial charge in [0.25, 0.3) is 5.56 Å². The average Bonchev–Trinajstić information content (AvgIpc) is 3.37. The first-order valence-electron chi connectivity index (χ1n) is 10.9. The maximum atomic E-state index is 13.0. The van der Waals surface area contributed by atoms with E-state index in [1.54, 1.807) is 0 Å². The van der Waals surface area contributed by atoms with Crippen LogP contribution in [0.1, 0.15) is 31.7 Å². The highest BCUT2D eigenvalue weighted by Crippen LogP contribution is 2.21. The van der Waals surface area contributed by atoms with Crippen LogP contribution in [-0.2, 0) is 0 Å². The van der Waals surface area contributed by atoms with E-state index in [0.29, 0.717) is 15.3 Å². The fourth-order valence-corrected chi connectivity index (χ4v) is 4.61. The molecule has 0 unspecified atom stereocenters. The SMILES string of the molecule is CCCCCOc1ccc(-c2nc3sc(=Cc4cccc5ccccc45)c(=O)n3n2)cc1. The van der Waals surface area contributed by atoms with Crippen molar-refractivity contribution in [3.05, 3.63) is 87.2 Å². The van der Waals surface area contributed by atoms with Crippen molar-refractivity contribution in [1.82, 2.24) is 14.6 Å². The van der Waals surface area contributed by atoms with Crippen LogP contribution in [0.5, 0.6) is 5.75 Å². The first kappa shape index (κ1) is 20.4. The van der Waals surface area contributed by atoms with E-state index in [4.69, 9.17) is 4.74 Å². The van der Waals surface area contributed by atoms with Crippen LogP contribution in [0.2, 0.25) is 0 Å². The van der Waals surface area contributed by atoms with E-state index in [-0.39, 0.29) is 5.56 Å². The molecular weight excluding hydrogens is 418 g/mol. The standard InChI is InChI=1S/C26H23N3O2S/c1-2-3-6-16-31-21-14-12-19(13-15-21)24-27-26-29(28-24)25(30)23(32-26)17-20-10-7-9-18-8-4-5-11-22(18)20/h4-5,7-15,17H,2-3,6,16H2,1H3. The number of rotatable bonds is 7. The van der Waals surface area contributed by atoms with Gasteiger partial charge in [-0.05, 0) is 53.1 Å². The Labute approximate surface area is 189 Å². The number of hydrogen-bond acceptors (Lipinski definition) is 5. The van der Waals surface area contributed by atoms with E-state index in [1.807, 2.05) is 54.6 Å². The lowest BCUT2D eigenvalue weighted by atomic mass is 10.0. The quantitative estimate of drug-likeness (QED) is 0.330. The molecule has 0 spiro atoms. The highest BCUT2D eigenvalue weighted by atomic mass is 32.1. The summed E-state index contributed by atoms with van der Waals surface area (Å²) in [4.78, 5) is 18.1. The molecule has 3 aromatic carbocycles. The molecule has 0 aliphatic heterocycles. The molecule has 160 valence electrons. The number of fused-ring (bicyclic) bond motifs is 2. The Morgan fingerprint density at radius 3 is 2.62 bits per heavy atom. The molecule has 0 N–H and O–H groups in total. The van der Waals surface area contributed by atoms with Gasteiger partial charge in [-0.15, -0.1) is 5.10 Å². The molecule has 0 saturated carbocycles. The van der Waals surface area contributed by atoms with E-state index in [0.717, 1.165) is 40.7 Å². The molecule has 0 amide bonds. The van der Waals surface area contributed by atoms with E-state index in [1.165, 1.54) is 28.7 Å². The highest BCUT2D eigenvalue weighted by molar-refractivity contribution is 7.15. The summed E-state index contributed by atoms with van der Waals surface area (Å²) < 4.78 is 7.79. The molecule has 0 aliphatic carbocycles. The molecule has 0 atom stereocenters. The molecule has 5 aromatic rings. The topological polar surface area (TPSA) is 56.5 Å². The minimum absolute atomic E-state index is 0.146. The summed E-state index contributed by atoms with van der Waals surface area (Å²) in [6.07, 6.45) is 5.33. The van der Waals surface area contributed by atoms with Crippen LogP contribution < -0.4 is 14.8 Å². The molecular formula is C26H23N3O2S. The number of hydrogen-bond donors (Lipinski definition) is 0. The fourth-order valence-electron chi connectivity index (χ4n) is 3.72. The van der Waals surface area contributed by atoms with E-state index < -0.39 is 0 Å². The monoisotopic (exact) mass is 441 g/mol. The highest BCUT2D eigenvalue weighted by Gasteiger charge is 2.12. The number of thiazole rings is 1. The zero-order valence-electron chi connectivity index (χ0n) is 17.8. The third kappa shape index (κ3) is 4.01. The Bertz CT molecular complexity index is 1480. The van der Waals surface area contributed by atoms with Gasteiger partial charge >= 0.3 is 0 Å². The predicted octanol–water partition coefficient (Wildman–Crippen LogP) is 5.09. The van der Waals surface area contributed by atoms with E-state index in [2.05, 4.69) is 35.2 Å². The summed E-state index contributed by atoms with van der Waals surface area (Å²) in [5.74, 6) is 1.38. The average molecular weight is 442 g/mol. The van der Waals surface area contributed by atoms with Crippen LogP contribution in [0, 0.1) is 0 Å². The third-order valence-corrected chi connectivity index (χ3v) is 6.38. The smallest absolute Gasteiger partial charge is 0.291 e. The molecule has 5 rings (SSSR count). The van der Waals surface area contributed by atoms with E-state index >= 15 is 0 Å². The van der Waals surface area contributed by atoms with Crippen LogP contribution in [0.25, 0.3) is 33.2 Å². The Morgan fingerprint density at radius 2 is 1.81 bits per heavy atom. The molecule has 0 radical (unpaired) electrons. The van der Waals surface area contributed by atoms with Crippen LogP contribution in [-0.4, -0.2) is 21.2 Å². The molecule has 5 nitrogen and oxygen atoms in total. The first-order chi connectivity index (χ1) is 15.7. The van der Waals surface area contributed by atoms with Crippen molar-refractivity contribution in [2.45, 2.75) is 26.2 Å². The van der Waals surface area contributed by atoms with Crippen LogP contribution >= 0.6 is 11.3 Å². The zero-order chi connectivity index (χ0) is 21.9. The summed E-state index contributed by atoms with van der Waals surface area (Å²) in [6, 6.07) is 22.0. The Balaban J connectivity index is 1.43. The van der Waals surface area contributed by atoms with Crippen molar-refractivity contribution < 1.29 is 4.74 Å². The summed E-state index contributed by atoms with van der Waals surface area (Å²) in [5.41, 5.74) is 1.73. The second-order valence-corrected chi connectivity index (χ2v) is 8.70. The lowest BCUT2D eigenvalue weighted by molar-refractivity contribution is 0.306. The normalized spacial score (nSPS) is 12.1. The number of nitrogens with zero attached hydrogens (tertiary/aromatic N) is 3. The molecule has 0 bridgehead atoms. The Kier molecular flexibility index (Phi) is 5.69. The van der Waals surface area contributed by atoms with E-state index in [9.17, 15) is 4.79 Å². The van der Waals surface area contributed by atoms with Gasteiger partial charge in [0.1, 0.15) is 5.75 Å². The lowest BCUT2D eigenvalue weighted by Crippen LogP contribution is -2.23. The maximum absolute atomic E-state index is 13.0. The molecule has 2 aromatic heterocycles. The number of benzene rings is 3. The third-order valence-electron chi connectivity index (χ3n) is 5.42. The molecule has 0 aliphatic rings. The van der Waals surface area contributed by atoms with Crippen LogP contribution in [0.3, 0.4) is 0 Å². The van der Waals surface area contributed by atoms with Crippen molar-refractivity contribution in [2.24, 2.45) is 0 Å². The summed E-state index contributed by atoms with van der Waals surface area (Å²) in [5, 5.41) is 6.73. The van der Waals surface area contributed by atoms with Crippen molar-refractivity contribution >= 4 is 33.1 Å². The Morgan fingerprint density at radius 1 is 1.00 bits per heavy atom. The van der Waals surface area contributed by atoms with Gasteiger partial charge in [0.05, 0.1) is 11.1 Å². The lowest BCUT2D eigenvalue weighted by Gasteiger charge is -2.05. The van der Waals surface area contributed by atoms with Crippen molar-refractivity contribution in [3.8, 4) is 17.1 Å². The first-order valence-corrected chi connectivity index (χ1v) is 11.7. The van der Waals surface area contributed by atoms with Gasteiger partial charge < -0.3 is 4.74 Å². The van der Waals surface area contributed by atoms with Crippen LogP contribution in [0.4, 0.5) is 0 Å². The van der Waals surface area contributed by atoms with Gasteiger partial charge in [0.2, 0.25) is 4.96 Å². The number of ether oxygens (including phenoxy) is 1. The summed E-state index contributed by atoms with van der Waals surface area (Å²) >= 11 is 1.36. The van der Waals surface area contributed by atoms with Gasteiger partial charge in [0, 0.05) is 5.56 Å². The van der Waals surface area contributed by atoms with Crippen molar-refractivity contribution in [1.29, 1.82) is 0 Å². The number of aromatic nitrogens is 3. The zero-order valence-corrected chi connectivity index (χ0v) is 18.6. The van der Waals surface area contributed by atoms with Gasteiger partial charge in [-0.3, -0.25) is 4.79 Å². The van der Waals surface area contributed by atoms with Crippen molar-refractivity contribution in [2.75, 3.05) is 6.61 Å². The minimum atomic E-state index is -0.146. The van der Waals surface area contributed by atoms with Gasteiger partial charge in [-0.1, -0.05) is 73.6 Å². The number of unbranched alkanes of at least 4 members (excludes halogenated alkanes) is 2. The fraction of sp³-hybridized carbons (Fsp3) is 0.192. The van der Waals surface area contributed by atoms with Crippen LogP contribution in [0.15, 0.2) is 71.5 Å². The second-order valence-electron chi connectivity index (χ2n) is 7.69. The molecule has 0 saturated heterocycles. The largest absolute Gasteiger partial charge is 0.494 e. The minimum Gasteiger partial charge on any atom is -0.494 e. The maximum Gasteiger partial charge on any atom is 0.291 e. The molecule has 32 heavy (non-hydrogen) atoms. The molecule has 6 heteroatoms. The van der Waals surface area contributed by atoms with Gasteiger partial charge in [-0.25, -0.2) is 0 Å².